The summed E-state index contributed by atoms with van der Waals surface area (Å²) in [6.07, 6.45) is 2.73. The molecular weight excluding hydrogens is 338 g/mol. The lowest BCUT2D eigenvalue weighted by Crippen LogP contribution is -2.29. The van der Waals surface area contributed by atoms with E-state index in [2.05, 4.69) is 17.0 Å². The summed E-state index contributed by atoms with van der Waals surface area (Å²) < 4.78 is 38.1. The lowest BCUT2D eigenvalue weighted by Gasteiger charge is -2.25. The highest BCUT2D eigenvalue weighted by atomic mass is 19.2. The second-order valence-electron chi connectivity index (χ2n) is 6.64. The molecule has 1 aliphatic rings. The molecule has 0 saturated carbocycles. The predicted octanol–water partition coefficient (Wildman–Crippen LogP) is 4.72. The molecule has 0 aliphatic carbocycles. The third-order valence-electron chi connectivity index (χ3n) is 4.69. The highest BCUT2D eigenvalue weighted by Gasteiger charge is 2.26. The smallest absolute Gasteiger partial charge is 0.159 e. The van der Waals surface area contributed by atoms with E-state index in [-0.39, 0.29) is 0 Å². The van der Waals surface area contributed by atoms with Crippen LogP contribution >= 0.6 is 0 Å². The zero-order valence-electron chi connectivity index (χ0n) is 14.6. The number of hydrogen-bond acceptors (Lipinski definition) is 4. The molecule has 4 rings (SSSR count). The third-order valence-corrected chi connectivity index (χ3v) is 4.69. The van der Waals surface area contributed by atoms with Gasteiger partial charge in [-0.3, -0.25) is 4.90 Å². The van der Waals surface area contributed by atoms with Gasteiger partial charge in [-0.05, 0) is 36.8 Å². The van der Waals surface area contributed by atoms with Crippen molar-refractivity contribution in [1.82, 2.24) is 10.1 Å². The van der Waals surface area contributed by atoms with E-state index in [1.165, 1.54) is 6.07 Å². The van der Waals surface area contributed by atoms with Crippen molar-refractivity contribution in [1.29, 1.82) is 0 Å². The maximum Gasteiger partial charge on any atom is 0.159 e. The molecule has 136 valence electrons. The Morgan fingerprint density at radius 2 is 1.96 bits per heavy atom. The molecule has 26 heavy (non-hydrogen) atoms. The largest absolute Gasteiger partial charge is 0.465 e. The van der Waals surface area contributed by atoms with Crippen LogP contribution in [0.15, 0.2) is 39.3 Å². The number of nitrogens with zero attached hydrogens (tertiary/aromatic N) is 2. The summed E-state index contributed by atoms with van der Waals surface area (Å²) in [5, 5.41) is 4.09. The van der Waals surface area contributed by atoms with Crippen LogP contribution in [0, 0.1) is 11.6 Å². The van der Waals surface area contributed by atoms with Crippen LogP contribution < -0.4 is 0 Å². The number of fused-ring (bicyclic) bond motifs is 1. The van der Waals surface area contributed by atoms with Gasteiger partial charge in [0, 0.05) is 37.1 Å². The first-order valence-electron chi connectivity index (χ1n) is 8.87. The van der Waals surface area contributed by atoms with Crippen molar-refractivity contribution in [2.45, 2.75) is 39.3 Å². The fourth-order valence-electron chi connectivity index (χ4n) is 3.38. The van der Waals surface area contributed by atoms with Gasteiger partial charge in [-0.15, -0.1) is 0 Å². The molecule has 0 atom stereocenters. The summed E-state index contributed by atoms with van der Waals surface area (Å²) >= 11 is 0. The lowest BCUT2D eigenvalue weighted by atomic mass is 10.0. The van der Waals surface area contributed by atoms with E-state index in [0.29, 0.717) is 24.3 Å². The Balaban J connectivity index is 1.54. The molecule has 0 saturated heterocycles. The maximum absolute atomic E-state index is 13.6. The molecule has 2 aromatic heterocycles. The molecule has 0 fully saturated rings. The Hall–Kier alpha value is -2.47. The van der Waals surface area contributed by atoms with Crippen molar-refractivity contribution in [3.8, 4) is 11.3 Å². The van der Waals surface area contributed by atoms with Crippen LogP contribution in [-0.4, -0.2) is 16.6 Å². The van der Waals surface area contributed by atoms with Crippen LogP contribution in [0.1, 0.15) is 36.2 Å². The second kappa shape index (κ2) is 7.03. The van der Waals surface area contributed by atoms with Crippen LogP contribution in [0.25, 0.3) is 11.3 Å². The van der Waals surface area contributed by atoms with Gasteiger partial charge in [0.1, 0.15) is 23.0 Å². The minimum Gasteiger partial charge on any atom is -0.465 e. The van der Waals surface area contributed by atoms with Crippen molar-refractivity contribution in [2.24, 2.45) is 0 Å². The first-order valence-corrected chi connectivity index (χ1v) is 8.87. The van der Waals surface area contributed by atoms with Gasteiger partial charge in [0.25, 0.3) is 0 Å². The van der Waals surface area contributed by atoms with E-state index in [4.69, 9.17) is 8.94 Å². The maximum atomic E-state index is 13.6. The number of rotatable bonds is 5. The van der Waals surface area contributed by atoms with E-state index in [1.807, 2.05) is 12.1 Å². The monoisotopic (exact) mass is 358 g/mol. The van der Waals surface area contributed by atoms with Crippen LogP contribution in [0.2, 0.25) is 0 Å². The van der Waals surface area contributed by atoms with Gasteiger partial charge in [0.05, 0.1) is 6.54 Å². The average molecular weight is 358 g/mol. The van der Waals surface area contributed by atoms with E-state index in [1.54, 1.807) is 0 Å². The van der Waals surface area contributed by atoms with Gasteiger partial charge in [0.15, 0.2) is 11.6 Å². The first kappa shape index (κ1) is 17.0. The first-order chi connectivity index (χ1) is 12.6. The van der Waals surface area contributed by atoms with E-state index >= 15 is 0 Å². The molecule has 0 spiro atoms. The van der Waals surface area contributed by atoms with Crippen molar-refractivity contribution in [2.75, 3.05) is 6.54 Å². The number of aromatic nitrogens is 1. The number of furan rings is 1. The minimum atomic E-state index is -0.883. The van der Waals surface area contributed by atoms with E-state index in [9.17, 15) is 8.78 Å². The topological polar surface area (TPSA) is 42.4 Å². The predicted molar refractivity (Wildman–Crippen MR) is 92.4 cm³/mol. The van der Waals surface area contributed by atoms with E-state index < -0.39 is 11.6 Å². The molecule has 1 aromatic carbocycles. The summed E-state index contributed by atoms with van der Waals surface area (Å²) in [6.45, 7) is 4.30. The van der Waals surface area contributed by atoms with Crippen molar-refractivity contribution < 1.29 is 17.7 Å². The normalized spacial score (nSPS) is 14.6. The Labute approximate surface area is 150 Å². The number of aryl methyl sites for hydroxylation is 1. The van der Waals surface area contributed by atoms with Gasteiger partial charge in [-0.1, -0.05) is 12.1 Å². The fraction of sp³-hybridized carbons (Fsp3) is 0.350. The quantitative estimate of drug-likeness (QED) is 0.662. The Morgan fingerprint density at radius 1 is 1.12 bits per heavy atom. The zero-order valence-corrected chi connectivity index (χ0v) is 14.6. The summed E-state index contributed by atoms with van der Waals surface area (Å²) in [6, 6.07) is 7.85. The van der Waals surface area contributed by atoms with Crippen molar-refractivity contribution in [3.05, 3.63) is 64.8 Å². The standard InChI is InChI=1S/C20H20F2N2O2/c1-2-3-14-5-6-15(25-14)11-24-9-8-19-16(12-24)20(23-26-19)13-4-7-17(21)18(22)10-13/h4-7,10H,2-3,8-9,11-12H2,1H3. The highest BCUT2D eigenvalue weighted by molar-refractivity contribution is 5.63. The summed E-state index contributed by atoms with van der Waals surface area (Å²) in [4.78, 5) is 2.25. The fourth-order valence-corrected chi connectivity index (χ4v) is 3.38. The number of halogens is 2. The SMILES string of the molecule is CCCc1ccc(CN2CCc3onc(-c4ccc(F)c(F)c4)c3C2)o1. The Morgan fingerprint density at radius 3 is 2.77 bits per heavy atom. The zero-order chi connectivity index (χ0) is 18.1. The molecule has 4 nitrogen and oxygen atoms in total. The summed E-state index contributed by atoms with van der Waals surface area (Å²) in [5.41, 5.74) is 2.04. The molecule has 0 N–H and O–H groups in total. The summed E-state index contributed by atoms with van der Waals surface area (Å²) in [5.74, 6) is 1.00. The molecular formula is C20H20F2N2O2. The number of hydrogen-bond donors (Lipinski definition) is 0. The van der Waals surface area contributed by atoms with Crippen LogP contribution in [0.5, 0.6) is 0 Å². The number of benzene rings is 1. The van der Waals surface area contributed by atoms with Crippen molar-refractivity contribution >= 4 is 0 Å². The third kappa shape index (κ3) is 3.29. The van der Waals surface area contributed by atoms with Gasteiger partial charge in [0.2, 0.25) is 0 Å². The van der Waals surface area contributed by atoms with Gasteiger partial charge in [-0.25, -0.2) is 8.78 Å². The van der Waals surface area contributed by atoms with Crippen molar-refractivity contribution in [3.63, 3.8) is 0 Å². The molecule has 1 aliphatic heterocycles. The molecule has 3 heterocycles. The van der Waals surface area contributed by atoms with E-state index in [0.717, 1.165) is 60.8 Å². The van der Waals surface area contributed by atoms with Crippen LogP contribution in [0.3, 0.4) is 0 Å². The Bertz CT molecular complexity index is 916. The summed E-state index contributed by atoms with van der Waals surface area (Å²) in [7, 11) is 0. The van der Waals surface area contributed by atoms with Gasteiger partial charge < -0.3 is 8.94 Å². The van der Waals surface area contributed by atoms with Crippen LogP contribution in [0.4, 0.5) is 8.78 Å². The molecule has 6 heteroatoms. The molecule has 0 unspecified atom stereocenters. The van der Waals surface area contributed by atoms with Gasteiger partial charge >= 0.3 is 0 Å². The lowest BCUT2D eigenvalue weighted by molar-refractivity contribution is 0.210. The molecule has 0 amide bonds. The Kier molecular flexibility index (Phi) is 4.59. The minimum absolute atomic E-state index is 0.527. The average Bonchev–Trinajstić information content (AvgIpc) is 3.24. The highest BCUT2D eigenvalue weighted by Crippen LogP contribution is 2.31. The van der Waals surface area contributed by atoms with Gasteiger partial charge in [-0.2, -0.15) is 0 Å². The van der Waals surface area contributed by atoms with Crippen LogP contribution in [-0.2, 0) is 25.9 Å². The molecule has 0 radical (unpaired) electrons. The second-order valence-corrected chi connectivity index (χ2v) is 6.64. The molecule has 0 bridgehead atoms. The molecule has 3 aromatic rings.